The number of anilines is 1. The second-order valence-corrected chi connectivity index (χ2v) is 9.33. The van der Waals surface area contributed by atoms with Crippen LogP contribution in [-0.2, 0) is 16.1 Å². The molecular weight excluding hydrogens is 471 g/mol. The van der Waals surface area contributed by atoms with Crippen LogP contribution in [0.1, 0.15) is 22.3 Å². The molecule has 180 valence electrons. The van der Waals surface area contributed by atoms with Gasteiger partial charge in [0, 0.05) is 49.8 Å². The first-order valence-electron chi connectivity index (χ1n) is 10.5. The molecule has 0 N–H and O–H groups in total. The van der Waals surface area contributed by atoms with E-state index < -0.39 is 11.6 Å². The lowest BCUT2D eigenvalue weighted by molar-refractivity contribution is -0.129. The van der Waals surface area contributed by atoms with Gasteiger partial charge in [-0.05, 0) is 53.7 Å². The number of alkyl halides is 3. The van der Waals surface area contributed by atoms with Crippen LogP contribution in [0.3, 0.4) is 0 Å². The van der Waals surface area contributed by atoms with Gasteiger partial charge in [-0.3, -0.25) is 14.4 Å². The summed E-state index contributed by atoms with van der Waals surface area (Å²) in [5.74, 6) is -0.430. The maximum absolute atomic E-state index is 12.9. The molecule has 1 fully saturated rings. The second-order valence-electron chi connectivity index (χ2n) is 8.20. The molecule has 2 heterocycles. The Balaban J connectivity index is 1.41. The van der Waals surface area contributed by atoms with Crippen LogP contribution in [0.5, 0.6) is 5.75 Å². The number of rotatable bonds is 6. The molecule has 0 bridgehead atoms. The van der Waals surface area contributed by atoms with Crippen LogP contribution in [0.25, 0.3) is 0 Å². The molecule has 11 heteroatoms. The molecule has 7 nitrogen and oxygen atoms in total. The summed E-state index contributed by atoms with van der Waals surface area (Å²) in [7, 11) is 3.25. The fourth-order valence-corrected chi connectivity index (χ4v) is 4.39. The molecule has 2 aromatic carbocycles. The molecule has 0 aromatic heterocycles. The monoisotopic (exact) mass is 493 g/mol. The highest BCUT2D eigenvalue weighted by atomic mass is 32.2. The van der Waals surface area contributed by atoms with Crippen LogP contribution in [0.4, 0.5) is 18.9 Å². The molecule has 0 saturated carbocycles. The number of nitrogens with zero attached hydrogens (tertiary/aromatic N) is 3. The van der Waals surface area contributed by atoms with Gasteiger partial charge < -0.3 is 19.4 Å². The molecule has 2 aliphatic heterocycles. The summed E-state index contributed by atoms with van der Waals surface area (Å²) in [6.45, 7) is 0.687. The quantitative estimate of drug-likeness (QED) is 0.576. The Kier molecular flexibility index (Phi) is 6.48. The molecule has 2 aliphatic rings. The Morgan fingerprint density at radius 3 is 2.50 bits per heavy atom. The van der Waals surface area contributed by atoms with Gasteiger partial charge >= 0.3 is 5.51 Å². The van der Waals surface area contributed by atoms with E-state index in [4.69, 9.17) is 4.74 Å². The molecular formula is C23H22F3N3O4S. The van der Waals surface area contributed by atoms with E-state index in [0.29, 0.717) is 36.5 Å². The van der Waals surface area contributed by atoms with Crippen molar-refractivity contribution in [1.82, 2.24) is 9.80 Å². The Morgan fingerprint density at radius 1 is 1.15 bits per heavy atom. The van der Waals surface area contributed by atoms with E-state index in [1.165, 1.54) is 39.0 Å². The lowest BCUT2D eigenvalue weighted by Gasteiger charge is -2.18. The maximum atomic E-state index is 12.9. The van der Waals surface area contributed by atoms with Gasteiger partial charge in [0.2, 0.25) is 5.91 Å². The predicted molar refractivity (Wildman–Crippen MR) is 120 cm³/mol. The van der Waals surface area contributed by atoms with E-state index in [0.717, 1.165) is 5.56 Å². The van der Waals surface area contributed by atoms with Gasteiger partial charge in [-0.15, -0.1) is 0 Å². The van der Waals surface area contributed by atoms with Crippen LogP contribution in [-0.4, -0.2) is 66.3 Å². The number of likely N-dealkylation sites (N-methyl/N-ethyl adjacent to an activating group) is 1. The first kappa shape index (κ1) is 23.9. The molecule has 4 rings (SSSR count). The van der Waals surface area contributed by atoms with Gasteiger partial charge in [0.15, 0.2) is 6.10 Å². The average molecular weight is 494 g/mol. The fraction of sp³-hybridized carbons (Fsp3) is 0.348. The Morgan fingerprint density at radius 2 is 1.85 bits per heavy atom. The number of fused-ring (bicyclic) bond motifs is 1. The zero-order valence-electron chi connectivity index (χ0n) is 18.5. The van der Waals surface area contributed by atoms with Crippen LogP contribution >= 0.6 is 11.8 Å². The van der Waals surface area contributed by atoms with E-state index in [2.05, 4.69) is 0 Å². The highest BCUT2D eigenvalue weighted by Gasteiger charge is 2.36. The van der Waals surface area contributed by atoms with Crippen molar-refractivity contribution in [3.05, 3.63) is 53.6 Å². The lowest BCUT2D eigenvalue weighted by Crippen LogP contribution is -2.36. The van der Waals surface area contributed by atoms with Crippen LogP contribution < -0.4 is 9.64 Å². The first-order chi connectivity index (χ1) is 16.0. The van der Waals surface area contributed by atoms with Crippen molar-refractivity contribution in [1.29, 1.82) is 0 Å². The zero-order chi connectivity index (χ0) is 24.6. The Hall–Kier alpha value is -3.21. The third kappa shape index (κ3) is 5.14. The van der Waals surface area contributed by atoms with E-state index in [1.54, 1.807) is 32.3 Å². The summed E-state index contributed by atoms with van der Waals surface area (Å²) in [6.07, 6.45) is -0.383. The van der Waals surface area contributed by atoms with Crippen molar-refractivity contribution >= 4 is 35.2 Å². The predicted octanol–water partition coefficient (Wildman–Crippen LogP) is 3.53. The van der Waals surface area contributed by atoms with Gasteiger partial charge in [0.05, 0.1) is 0 Å². The third-order valence-corrected chi connectivity index (χ3v) is 6.34. The number of hydrogen-bond donors (Lipinski definition) is 0. The van der Waals surface area contributed by atoms with Crippen molar-refractivity contribution in [2.75, 3.05) is 32.1 Å². The van der Waals surface area contributed by atoms with Gasteiger partial charge in [-0.2, -0.15) is 13.2 Å². The van der Waals surface area contributed by atoms with Gasteiger partial charge in [0.1, 0.15) is 12.3 Å². The van der Waals surface area contributed by atoms with Crippen molar-refractivity contribution in [3.63, 3.8) is 0 Å². The molecule has 0 spiro atoms. The van der Waals surface area contributed by atoms with E-state index in [1.807, 2.05) is 0 Å². The summed E-state index contributed by atoms with van der Waals surface area (Å²) in [4.78, 5) is 42.2. The van der Waals surface area contributed by atoms with Crippen LogP contribution in [0.2, 0.25) is 0 Å². The normalized spacial score (nSPS) is 17.9. The number of carbonyl (C=O) groups is 3. The summed E-state index contributed by atoms with van der Waals surface area (Å²) in [5, 5.41) is 0. The van der Waals surface area contributed by atoms with Crippen molar-refractivity contribution in [2.45, 2.75) is 29.5 Å². The zero-order valence-corrected chi connectivity index (χ0v) is 19.3. The highest BCUT2D eigenvalue weighted by Crippen LogP contribution is 2.37. The molecule has 2 aromatic rings. The highest BCUT2D eigenvalue weighted by molar-refractivity contribution is 8.00. The standard InChI is InChI=1S/C23H22F3N3O4S/c1-27(2)20(30)13-28-12-14-3-4-15(11-18(14)21(28)31)29-10-9-19(22(29)32)33-16-5-7-17(8-6-16)34-23(24,25)26/h3-8,11,19H,9-10,12-13H2,1-2H3/t19-/m1/s1. The van der Waals surface area contributed by atoms with Gasteiger partial charge in [-0.1, -0.05) is 6.07 Å². The molecule has 0 unspecified atom stereocenters. The number of thioether (sulfide) groups is 1. The van der Waals surface area contributed by atoms with Crippen molar-refractivity contribution < 1.29 is 32.3 Å². The lowest BCUT2D eigenvalue weighted by atomic mass is 10.1. The topological polar surface area (TPSA) is 70.2 Å². The number of benzene rings is 2. The van der Waals surface area contributed by atoms with Gasteiger partial charge in [0.25, 0.3) is 11.8 Å². The first-order valence-corrected chi connectivity index (χ1v) is 11.3. The Labute approximate surface area is 198 Å². The van der Waals surface area contributed by atoms with E-state index in [-0.39, 0.29) is 40.9 Å². The third-order valence-electron chi connectivity index (χ3n) is 5.60. The Bertz CT molecular complexity index is 1120. The largest absolute Gasteiger partial charge is 0.481 e. The molecule has 34 heavy (non-hydrogen) atoms. The second kappa shape index (κ2) is 9.21. The molecule has 0 radical (unpaired) electrons. The number of ether oxygens (including phenoxy) is 1. The molecule has 1 saturated heterocycles. The number of amides is 3. The SMILES string of the molecule is CN(C)C(=O)CN1Cc2ccc(N3CC[C@@H](Oc4ccc(SC(F)(F)F)cc4)C3=O)cc2C1=O. The number of hydrogen-bond acceptors (Lipinski definition) is 5. The average Bonchev–Trinajstić information content (AvgIpc) is 3.28. The summed E-state index contributed by atoms with van der Waals surface area (Å²) >= 11 is -0.218. The maximum Gasteiger partial charge on any atom is 0.446 e. The number of halogens is 3. The minimum Gasteiger partial charge on any atom is -0.481 e. The minimum atomic E-state index is -4.37. The van der Waals surface area contributed by atoms with E-state index >= 15 is 0 Å². The van der Waals surface area contributed by atoms with E-state index in [9.17, 15) is 27.6 Å². The van der Waals surface area contributed by atoms with Gasteiger partial charge in [-0.25, -0.2) is 0 Å². The minimum absolute atomic E-state index is 0.0192. The summed E-state index contributed by atoms with van der Waals surface area (Å²) < 4.78 is 43.2. The fourth-order valence-electron chi connectivity index (χ4n) is 3.85. The van der Waals surface area contributed by atoms with Crippen LogP contribution in [0, 0.1) is 0 Å². The smallest absolute Gasteiger partial charge is 0.446 e. The molecule has 1 atom stereocenters. The molecule has 3 amide bonds. The number of carbonyl (C=O) groups excluding carboxylic acids is 3. The molecule has 0 aliphatic carbocycles. The summed E-state index contributed by atoms with van der Waals surface area (Å²) in [5.41, 5.74) is -2.57. The van der Waals surface area contributed by atoms with Crippen molar-refractivity contribution in [3.8, 4) is 5.75 Å². The summed E-state index contributed by atoms with van der Waals surface area (Å²) in [6, 6.07) is 10.6. The van der Waals surface area contributed by atoms with Crippen LogP contribution in [0.15, 0.2) is 47.4 Å². The van der Waals surface area contributed by atoms with Crippen molar-refractivity contribution in [2.24, 2.45) is 0 Å².